The quantitative estimate of drug-likeness (QED) is 0.602. The van der Waals surface area contributed by atoms with Crippen LogP contribution in [-0.2, 0) is 20.7 Å². The van der Waals surface area contributed by atoms with Crippen LogP contribution >= 0.6 is 0 Å². The van der Waals surface area contributed by atoms with Gasteiger partial charge in [-0.25, -0.2) is 0 Å². The average molecular weight is 401 g/mol. The summed E-state index contributed by atoms with van der Waals surface area (Å²) in [7, 11) is 7.85. The highest BCUT2D eigenvalue weighted by atomic mass is 16.5. The van der Waals surface area contributed by atoms with E-state index in [0.29, 0.717) is 29.2 Å². The van der Waals surface area contributed by atoms with Crippen LogP contribution in [0.4, 0.5) is 0 Å². The van der Waals surface area contributed by atoms with Gasteiger partial charge in [0.05, 0.1) is 21.3 Å². The molecule has 0 saturated heterocycles. The number of benzene rings is 2. The summed E-state index contributed by atoms with van der Waals surface area (Å²) in [6.45, 7) is 0. The van der Waals surface area contributed by atoms with Crippen molar-refractivity contribution in [2.45, 2.75) is 18.9 Å². The standard InChI is InChI=1S/C22H27NO6/c1-23(2)22(25)20(16-9-7-6-8-10-16)29-19(24)12-11-15-13-17(26-3)21(28-5)18(14-15)27-4/h6-10,13-14,20H,11-12H2,1-5H3/t20-/m0/s1. The van der Waals surface area contributed by atoms with Gasteiger partial charge in [0.25, 0.3) is 5.91 Å². The van der Waals surface area contributed by atoms with Crippen molar-refractivity contribution in [1.82, 2.24) is 4.90 Å². The van der Waals surface area contributed by atoms with Crippen LogP contribution in [0.25, 0.3) is 0 Å². The number of ether oxygens (including phenoxy) is 4. The SMILES string of the molecule is COc1cc(CCC(=O)O[C@H](C(=O)N(C)C)c2ccccc2)cc(OC)c1OC. The van der Waals surface area contributed by atoms with Gasteiger partial charge >= 0.3 is 5.97 Å². The Morgan fingerprint density at radius 3 is 2.00 bits per heavy atom. The molecule has 0 aliphatic heterocycles. The first kappa shape index (κ1) is 22.1. The monoisotopic (exact) mass is 401 g/mol. The normalized spacial score (nSPS) is 11.3. The number of likely N-dealkylation sites (N-methyl/N-ethyl adjacent to an activating group) is 1. The number of methoxy groups -OCH3 is 3. The second-order valence-electron chi connectivity index (χ2n) is 6.55. The molecule has 0 aliphatic carbocycles. The minimum atomic E-state index is -0.973. The topological polar surface area (TPSA) is 74.3 Å². The summed E-state index contributed by atoms with van der Waals surface area (Å²) in [5, 5.41) is 0. The van der Waals surface area contributed by atoms with Crippen molar-refractivity contribution < 1.29 is 28.5 Å². The van der Waals surface area contributed by atoms with Crippen LogP contribution in [0.3, 0.4) is 0 Å². The lowest BCUT2D eigenvalue weighted by atomic mass is 10.1. The van der Waals surface area contributed by atoms with E-state index in [4.69, 9.17) is 18.9 Å². The van der Waals surface area contributed by atoms with Crippen molar-refractivity contribution in [1.29, 1.82) is 0 Å². The third kappa shape index (κ3) is 5.63. The van der Waals surface area contributed by atoms with Crippen molar-refractivity contribution in [3.8, 4) is 17.2 Å². The van der Waals surface area contributed by atoms with Crippen molar-refractivity contribution in [2.24, 2.45) is 0 Å². The Morgan fingerprint density at radius 1 is 0.931 bits per heavy atom. The van der Waals surface area contributed by atoms with Crippen LogP contribution in [-0.4, -0.2) is 52.2 Å². The highest BCUT2D eigenvalue weighted by molar-refractivity contribution is 5.84. The number of esters is 1. The molecule has 0 aliphatic rings. The molecule has 29 heavy (non-hydrogen) atoms. The number of carbonyl (C=O) groups excluding carboxylic acids is 2. The van der Waals surface area contributed by atoms with Crippen LogP contribution in [0.5, 0.6) is 17.2 Å². The van der Waals surface area contributed by atoms with E-state index in [1.165, 1.54) is 26.2 Å². The number of nitrogens with zero attached hydrogens (tertiary/aromatic N) is 1. The van der Waals surface area contributed by atoms with Gasteiger partial charge in [0, 0.05) is 26.1 Å². The maximum atomic E-state index is 12.5. The molecule has 2 aromatic carbocycles. The number of hydrogen-bond acceptors (Lipinski definition) is 6. The van der Waals surface area contributed by atoms with Gasteiger partial charge in [-0.05, 0) is 24.1 Å². The Labute approximate surface area is 171 Å². The first-order valence-electron chi connectivity index (χ1n) is 9.15. The third-order valence-corrected chi connectivity index (χ3v) is 4.36. The second kappa shape index (κ2) is 10.4. The molecule has 1 amide bonds. The minimum Gasteiger partial charge on any atom is -0.493 e. The molecule has 0 heterocycles. The summed E-state index contributed by atoms with van der Waals surface area (Å²) in [5.74, 6) is 0.752. The fraction of sp³-hybridized carbons (Fsp3) is 0.364. The Kier molecular flexibility index (Phi) is 7.88. The van der Waals surface area contributed by atoms with Crippen LogP contribution in [0.1, 0.15) is 23.7 Å². The van der Waals surface area contributed by atoms with Crippen LogP contribution in [0.2, 0.25) is 0 Å². The molecule has 1 atom stereocenters. The van der Waals surface area contributed by atoms with Gasteiger partial charge in [0.2, 0.25) is 11.9 Å². The van der Waals surface area contributed by atoms with E-state index >= 15 is 0 Å². The average Bonchev–Trinajstić information content (AvgIpc) is 2.75. The molecule has 7 nitrogen and oxygen atoms in total. The summed E-state index contributed by atoms with van der Waals surface area (Å²) in [5.41, 5.74) is 1.46. The van der Waals surface area contributed by atoms with E-state index in [1.807, 2.05) is 6.07 Å². The Balaban J connectivity index is 2.12. The lowest BCUT2D eigenvalue weighted by Gasteiger charge is -2.21. The van der Waals surface area contributed by atoms with E-state index in [1.54, 1.807) is 50.5 Å². The number of rotatable bonds is 9. The molecule has 0 saturated carbocycles. The van der Waals surface area contributed by atoms with E-state index in [0.717, 1.165) is 5.56 Å². The Morgan fingerprint density at radius 2 is 1.52 bits per heavy atom. The van der Waals surface area contributed by atoms with Gasteiger partial charge in [-0.15, -0.1) is 0 Å². The van der Waals surface area contributed by atoms with Crippen LogP contribution in [0.15, 0.2) is 42.5 Å². The van der Waals surface area contributed by atoms with Crippen molar-refractivity contribution >= 4 is 11.9 Å². The first-order valence-corrected chi connectivity index (χ1v) is 9.15. The smallest absolute Gasteiger partial charge is 0.307 e. The van der Waals surface area contributed by atoms with Crippen molar-refractivity contribution in [3.63, 3.8) is 0 Å². The maximum absolute atomic E-state index is 12.5. The molecule has 0 spiro atoms. The number of aryl methyl sites for hydroxylation is 1. The van der Waals surface area contributed by atoms with Crippen molar-refractivity contribution in [2.75, 3.05) is 35.4 Å². The molecular formula is C22H27NO6. The number of amides is 1. The number of carbonyl (C=O) groups is 2. The summed E-state index contributed by atoms with van der Waals surface area (Å²) in [6.07, 6.45) is -0.478. The molecular weight excluding hydrogens is 374 g/mol. The van der Waals surface area contributed by atoms with Crippen LogP contribution in [0, 0.1) is 0 Å². The molecule has 0 unspecified atom stereocenters. The fourth-order valence-corrected chi connectivity index (χ4v) is 2.84. The largest absolute Gasteiger partial charge is 0.493 e. The lowest BCUT2D eigenvalue weighted by molar-refractivity contribution is -0.159. The van der Waals surface area contributed by atoms with Gasteiger partial charge in [-0.2, -0.15) is 0 Å². The molecule has 156 valence electrons. The summed E-state index contributed by atoms with van der Waals surface area (Å²) in [4.78, 5) is 26.4. The first-order chi connectivity index (χ1) is 13.9. The molecule has 2 aromatic rings. The van der Waals surface area contributed by atoms with E-state index < -0.39 is 12.1 Å². The zero-order valence-electron chi connectivity index (χ0n) is 17.4. The summed E-state index contributed by atoms with van der Waals surface area (Å²) in [6, 6.07) is 12.5. The molecule has 0 bridgehead atoms. The van der Waals surface area contributed by atoms with E-state index in [9.17, 15) is 9.59 Å². The summed E-state index contributed by atoms with van der Waals surface area (Å²) >= 11 is 0. The van der Waals surface area contributed by atoms with Gasteiger partial charge in [0.15, 0.2) is 11.5 Å². The molecule has 0 aromatic heterocycles. The van der Waals surface area contributed by atoms with Gasteiger partial charge in [0.1, 0.15) is 0 Å². The number of hydrogen-bond donors (Lipinski definition) is 0. The minimum absolute atomic E-state index is 0.0999. The highest BCUT2D eigenvalue weighted by Crippen LogP contribution is 2.38. The Bertz CT molecular complexity index is 809. The summed E-state index contributed by atoms with van der Waals surface area (Å²) < 4.78 is 21.5. The van der Waals surface area contributed by atoms with Crippen LogP contribution < -0.4 is 14.2 Å². The maximum Gasteiger partial charge on any atom is 0.307 e. The van der Waals surface area contributed by atoms with E-state index in [-0.39, 0.29) is 12.3 Å². The predicted molar refractivity (Wildman–Crippen MR) is 108 cm³/mol. The predicted octanol–water partition coefficient (Wildman–Crippen LogP) is 3.02. The molecule has 0 radical (unpaired) electrons. The zero-order valence-corrected chi connectivity index (χ0v) is 17.4. The molecule has 7 heteroatoms. The zero-order chi connectivity index (χ0) is 21.4. The fourth-order valence-electron chi connectivity index (χ4n) is 2.84. The van der Waals surface area contributed by atoms with E-state index in [2.05, 4.69) is 0 Å². The van der Waals surface area contributed by atoms with Gasteiger partial charge < -0.3 is 23.8 Å². The third-order valence-electron chi connectivity index (χ3n) is 4.36. The highest BCUT2D eigenvalue weighted by Gasteiger charge is 2.26. The molecule has 2 rings (SSSR count). The Hall–Kier alpha value is -3.22. The second-order valence-corrected chi connectivity index (χ2v) is 6.55. The van der Waals surface area contributed by atoms with Gasteiger partial charge in [-0.3, -0.25) is 9.59 Å². The van der Waals surface area contributed by atoms with Crippen molar-refractivity contribution in [3.05, 3.63) is 53.6 Å². The lowest BCUT2D eigenvalue weighted by Crippen LogP contribution is -2.31. The molecule has 0 N–H and O–H groups in total. The molecule has 0 fully saturated rings. The van der Waals surface area contributed by atoms with Gasteiger partial charge in [-0.1, -0.05) is 30.3 Å².